The molecular formula is C25H38NO7P. The average molecular weight is 496 g/mol. The van der Waals surface area contributed by atoms with Crippen LogP contribution in [-0.4, -0.2) is 34.6 Å². The molecule has 1 amide bonds. The minimum atomic E-state index is -4.51. The van der Waals surface area contributed by atoms with Gasteiger partial charge in [-0.2, -0.15) is 0 Å². The quantitative estimate of drug-likeness (QED) is 0.219. The topological polar surface area (TPSA) is 114 Å². The van der Waals surface area contributed by atoms with Crippen molar-refractivity contribution >= 4 is 13.9 Å². The first-order valence-electron chi connectivity index (χ1n) is 12.2. The van der Waals surface area contributed by atoms with Crippen molar-refractivity contribution in [2.24, 2.45) is 5.92 Å². The van der Waals surface area contributed by atoms with E-state index in [1.54, 1.807) is 0 Å². The molecule has 0 saturated carbocycles. The lowest BCUT2D eigenvalue weighted by atomic mass is 9.67. The summed E-state index contributed by atoms with van der Waals surface area (Å²) < 4.78 is 27.5. The van der Waals surface area contributed by atoms with Crippen LogP contribution in [0.3, 0.4) is 0 Å². The van der Waals surface area contributed by atoms with Crippen LogP contribution in [0.4, 0.5) is 4.79 Å². The molecule has 0 saturated heterocycles. The molecule has 34 heavy (non-hydrogen) atoms. The Kier molecular flexibility index (Phi) is 8.85. The summed E-state index contributed by atoms with van der Waals surface area (Å²) >= 11 is 0. The van der Waals surface area contributed by atoms with E-state index in [2.05, 4.69) is 49.7 Å². The first-order valence-corrected chi connectivity index (χ1v) is 13.7. The second kappa shape index (κ2) is 11.3. The van der Waals surface area contributed by atoms with Gasteiger partial charge in [-0.05, 0) is 70.6 Å². The van der Waals surface area contributed by atoms with E-state index in [9.17, 15) is 9.36 Å². The molecule has 1 heterocycles. The van der Waals surface area contributed by atoms with Crippen LogP contribution in [0.15, 0.2) is 23.8 Å². The summed E-state index contributed by atoms with van der Waals surface area (Å²) in [5, 5.41) is 2.65. The highest BCUT2D eigenvalue weighted by molar-refractivity contribution is 7.46. The van der Waals surface area contributed by atoms with E-state index < -0.39 is 13.9 Å². The van der Waals surface area contributed by atoms with E-state index in [0.717, 1.165) is 55.4 Å². The van der Waals surface area contributed by atoms with Crippen molar-refractivity contribution in [3.8, 4) is 11.5 Å². The van der Waals surface area contributed by atoms with Gasteiger partial charge in [-0.3, -0.25) is 4.52 Å². The number of benzene rings is 1. The zero-order chi connectivity index (χ0) is 24.9. The monoisotopic (exact) mass is 495 g/mol. The van der Waals surface area contributed by atoms with Crippen LogP contribution >= 0.6 is 7.82 Å². The molecule has 0 unspecified atom stereocenters. The highest BCUT2D eigenvalue weighted by atomic mass is 31.2. The molecule has 1 aromatic rings. The molecule has 1 aliphatic heterocycles. The van der Waals surface area contributed by atoms with Crippen LogP contribution in [0.2, 0.25) is 0 Å². The smallest absolute Gasteiger partial charge is 0.469 e. The van der Waals surface area contributed by atoms with Gasteiger partial charge >= 0.3 is 13.9 Å². The number of amides is 1. The molecule has 9 heteroatoms. The number of allylic oxidation sites excluding steroid dienone is 2. The van der Waals surface area contributed by atoms with Crippen LogP contribution in [0.25, 0.3) is 0 Å². The predicted octanol–water partition coefficient (Wildman–Crippen LogP) is 5.62. The van der Waals surface area contributed by atoms with E-state index in [0.29, 0.717) is 5.75 Å². The minimum Gasteiger partial charge on any atom is -0.487 e. The van der Waals surface area contributed by atoms with Gasteiger partial charge in [-0.1, -0.05) is 31.4 Å². The fourth-order valence-corrected chi connectivity index (χ4v) is 5.36. The van der Waals surface area contributed by atoms with Crippen LogP contribution in [0.1, 0.15) is 83.3 Å². The van der Waals surface area contributed by atoms with Gasteiger partial charge < -0.3 is 24.6 Å². The molecule has 1 aliphatic carbocycles. The second-order valence-corrected chi connectivity index (χ2v) is 11.1. The van der Waals surface area contributed by atoms with Crippen molar-refractivity contribution in [3.05, 3.63) is 34.9 Å². The normalized spacial score (nSPS) is 21.1. The molecule has 0 bridgehead atoms. The van der Waals surface area contributed by atoms with Crippen LogP contribution in [0.5, 0.6) is 11.5 Å². The predicted molar refractivity (Wildman–Crippen MR) is 130 cm³/mol. The summed E-state index contributed by atoms with van der Waals surface area (Å²) in [5.41, 5.74) is 3.05. The second-order valence-electron chi connectivity index (χ2n) is 9.87. The van der Waals surface area contributed by atoms with E-state index in [1.165, 1.54) is 5.57 Å². The highest BCUT2D eigenvalue weighted by Gasteiger charge is 2.46. The zero-order valence-electron chi connectivity index (χ0n) is 20.6. The lowest BCUT2D eigenvalue weighted by Crippen LogP contribution is -2.45. The Hall–Kier alpha value is -1.86. The van der Waals surface area contributed by atoms with E-state index in [4.69, 9.17) is 19.3 Å². The standard InChI is InChI=1S/C25H38NO7P/c1-5-6-7-9-18-15-21(32-24(27)26-12-8-13-31-34(28,29)30)23-19-14-17(2)10-11-20(19)25(3,4)33-22(23)16-18/h10,15-16,19-20H,5-9,11-14H2,1-4H3,(H,26,27)(H2,28,29,30)/t19-,20-/m1/s1. The number of carbonyl (C=O) groups is 1. The molecule has 2 aliphatic rings. The zero-order valence-corrected chi connectivity index (χ0v) is 21.5. The van der Waals surface area contributed by atoms with Gasteiger partial charge in [-0.25, -0.2) is 9.36 Å². The maximum absolute atomic E-state index is 12.6. The van der Waals surface area contributed by atoms with Gasteiger partial charge in [0.1, 0.15) is 17.1 Å². The molecule has 0 radical (unpaired) electrons. The molecule has 3 rings (SSSR count). The number of hydrogen-bond donors (Lipinski definition) is 3. The number of unbranched alkanes of at least 4 members (excludes halogenated alkanes) is 2. The molecule has 0 spiro atoms. The van der Waals surface area contributed by atoms with E-state index >= 15 is 0 Å². The summed E-state index contributed by atoms with van der Waals surface area (Å²) in [7, 11) is -4.51. The number of hydrogen-bond acceptors (Lipinski definition) is 5. The maximum Gasteiger partial charge on any atom is 0.469 e. The lowest BCUT2D eigenvalue weighted by molar-refractivity contribution is 0.00764. The first kappa shape index (κ1) is 26.7. The van der Waals surface area contributed by atoms with Gasteiger partial charge in [-0.15, -0.1) is 0 Å². The number of carbonyl (C=O) groups excluding carboxylic acids is 1. The van der Waals surface area contributed by atoms with Gasteiger partial charge in [0, 0.05) is 23.9 Å². The first-order chi connectivity index (χ1) is 16.0. The molecule has 190 valence electrons. The van der Waals surface area contributed by atoms with Crippen molar-refractivity contribution in [2.75, 3.05) is 13.2 Å². The third kappa shape index (κ3) is 7.08. The Balaban J connectivity index is 1.81. The molecule has 0 fully saturated rings. The van der Waals surface area contributed by atoms with Crippen LogP contribution < -0.4 is 14.8 Å². The number of nitrogens with one attached hydrogen (secondary N) is 1. The fraction of sp³-hybridized carbons (Fsp3) is 0.640. The lowest BCUT2D eigenvalue weighted by Gasteiger charge is -2.47. The van der Waals surface area contributed by atoms with Crippen molar-refractivity contribution in [1.29, 1.82) is 0 Å². The number of fused-ring (bicyclic) bond motifs is 3. The number of phosphoric acid groups is 1. The van der Waals surface area contributed by atoms with Crippen molar-refractivity contribution in [1.82, 2.24) is 5.32 Å². The van der Waals surface area contributed by atoms with Crippen molar-refractivity contribution in [3.63, 3.8) is 0 Å². The summed E-state index contributed by atoms with van der Waals surface area (Å²) in [4.78, 5) is 30.1. The highest BCUT2D eigenvalue weighted by Crippen LogP contribution is 2.54. The summed E-state index contributed by atoms with van der Waals surface area (Å²) in [6.45, 7) is 8.60. The van der Waals surface area contributed by atoms with Crippen molar-refractivity contribution in [2.45, 2.75) is 84.2 Å². The molecule has 1 aromatic carbocycles. The SMILES string of the molecule is CCCCCc1cc(OC(=O)NCCCOP(=O)(O)O)c2c(c1)OC(C)(C)[C@@H]1CC=C(C)C[C@@H]21. The average Bonchev–Trinajstić information content (AvgIpc) is 2.72. The van der Waals surface area contributed by atoms with Gasteiger partial charge in [0.2, 0.25) is 0 Å². The Labute approximate surface area is 202 Å². The molecular weight excluding hydrogens is 457 g/mol. The summed E-state index contributed by atoms with van der Waals surface area (Å²) in [5.74, 6) is 1.82. The van der Waals surface area contributed by atoms with Gasteiger partial charge in [0.05, 0.1) is 6.61 Å². The Bertz CT molecular complexity index is 953. The number of phosphoric ester groups is 1. The summed E-state index contributed by atoms with van der Waals surface area (Å²) in [6, 6.07) is 4.08. The fourth-order valence-electron chi connectivity index (χ4n) is 4.99. The Morgan fingerprint density at radius 3 is 2.74 bits per heavy atom. The molecule has 0 aromatic heterocycles. The van der Waals surface area contributed by atoms with Gasteiger partial charge in [0.25, 0.3) is 0 Å². The maximum atomic E-state index is 12.6. The molecule has 8 nitrogen and oxygen atoms in total. The van der Waals surface area contributed by atoms with Crippen molar-refractivity contribution < 1.29 is 33.1 Å². The van der Waals surface area contributed by atoms with Crippen LogP contribution in [0, 0.1) is 5.92 Å². The van der Waals surface area contributed by atoms with E-state index in [-0.39, 0.29) is 37.0 Å². The number of rotatable bonds is 10. The summed E-state index contributed by atoms with van der Waals surface area (Å²) in [6.07, 6.45) is 7.95. The molecule has 3 N–H and O–H groups in total. The minimum absolute atomic E-state index is 0.162. The van der Waals surface area contributed by atoms with Gasteiger partial charge in [0.15, 0.2) is 0 Å². The molecule has 2 atom stereocenters. The Morgan fingerprint density at radius 1 is 1.26 bits per heavy atom. The largest absolute Gasteiger partial charge is 0.487 e. The van der Waals surface area contributed by atoms with E-state index in [1.807, 2.05) is 6.07 Å². The Morgan fingerprint density at radius 2 is 2.03 bits per heavy atom. The number of aryl methyl sites for hydroxylation is 1. The third-order valence-corrected chi connectivity index (χ3v) is 7.19. The number of ether oxygens (including phenoxy) is 2. The van der Waals surface area contributed by atoms with Crippen LogP contribution in [-0.2, 0) is 15.5 Å². The third-order valence-electron chi connectivity index (χ3n) is 6.67.